The number of amides is 4. The Morgan fingerprint density at radius 1 is 0.944 bits per heavy atom. The lowest BCUT2D eigenvalue weighted by molar-refractivity contribution is -0.142. The van der Waals surface area contributed by atoms with Crippen molar-refractivity contribution in [3.63, 3.8) is 0 Å². The summed E-state index contributed by atoms with van der Waals surface area (Å²) >= 11 is 0. The monoisotopic (exact) mass is 492 g/mol. The van der Waals surface area contributed by atoms with Crippen LogP contribution in [0.3, 0.4) is 0 Å². The number of hydrogen-bond donors (Lipinski definition) is 2. The smallest absolute Gasteiger partial charge is 0.328 e. The van der Waals surface area contributed by atoms with Crippen LogP contribution in [0.25, 0.3) is 0 Å². The Kier molecular flexibility index (Phi) is 7.82. The fourth-order valence-corrected chi connectivity index (χ4v) is 5.27. The van der Waals surface area contributed by atoms with Crippen molar-refractivity contribution in [1.29, 1.82) is 0 Å². The van der Waals surface area contributed by atoms with Crippen molar-refractivity contribution in [2.75, 3.05) is 38.6 Å². The molecule has 8 nitrogen and oxygen atoms in total. The number of hydrogen-bond acceptors (Lipinski definition) is 4. The molecule has 2 aliphatic heterocycles. The maximum absolute atomic E-state index is 13.1. The second kappa shape index (κ2) is 11.0. The Hall–Kier alpha value is -3.55. The maximum Gasteiger partial charge on any atom is 0.328 e. The van der Waals surface area contributed by atoms with Gasteiger partial charge < -0.3 is 25.2 Å². The number of benzene rings is 2. The summed E-state index contributed by atoms with van der Waals surface area (Å²) in [6.07, 6.45) is 2.97. The number of esters is 1. The van der Waals surface area contributed by atoms with Gasteiger partial charge in [0.25, 0.3) is 0 Å². The molecule has 2 saturated heterocycles. The predicted molar refractivity (Wildman–Crippen MR) is 139 cm³/mol. The van der Waals surface area contributed by atoms with E-state index in [0.29, 0.717) is 32.6 Å². The van der Waals surface area contributed by atoms with Gasteiger partial charge >= 0.3 is 18.0 Å². The number of anilines is 1. The van der Waals surface area contributed by atoms with Gasteiger partial charge in [0.05, 0.1) is 7.11 Å². The van der Waals surface area contributed by atoms with Crippen molar-refractivity contribution in [2.24, 2.45) is 5.41 Å². The summed E-state index contributed by atoms with van der Waals surface area (Å²) in [5.74, 6) is -0.454. The minimum atomic E-state index is -0.739. The molecular weight excluding hydrogens is 456 g/mol. The highest BCUT2D eigenvalue weighted by Gasteiger charge is 2.43. The lowest BCUT2D eigenvalue weighted by Gasteiger charge is -2.39. The summed E-state index contributed by atoms with van der Waals surface area (Å²) in [6.45, 7) is 6.61. The number of nitrogens with zero attached hydrogens (tertiary/aromatic N) is 2. The van der Waals surface area contributed by atoms with Crippen LogP contribution in [0, 0.1) is 19.3 Å². The van der Waals surface area contributed by atoms with E-state index in [1.807, 2.05) is 61.2 Å². The van der Waals surface area contributed by atoms with Crippen LogP contribution in [-0.4, -0.2) is 67.2 Å². The van der Waals surface area contributed by atoms with Gasteiger partial charge in [-0.15, -0.1) is 0 Å². The molecular formula is C28H36N4O4. The Labute approximate surface area is 213 Å². The minimum Gasteiger partial charge on any atom is -0.467 e. The molecule has 2 aromatic rings. The lowest BCUT2D eigenvalue weighted by Crippen LogP contribution is -2.50. The Balaban J connectivity index is 1.30. The molecule has 2 aromatic carbocycles. The fourth-order valence-electron chi connectivity index (χ4n) is 5.27. The van der Waals surface area contributed by atoms with E-state index in [1.165, 1.54) is 12.7 Å². The number of nitrogens with one attached hydrogen (secondary N) is 2. The van der Waals surface area contributed by atoms with E-state index in [2.05, 4.69) is 16.7 Å². The standard InChI is InChI=1S/C28H36N4O4/c1-20-9-10-23(21(2)17-20)29-26(34)31-14-11-28(12-15-31)13-16-32(19-28)27(35)30-24(25(33)36-3)18-22-7-5-4-6-8-22/h4-10,17,24H,11-16,18-19H2,1-3H3,(H,29,34)(H,30,35)/t24-/m0/s1. The molecule has 0 aliphatic carbocycles. The van der Waals surface area contributed by atoms with E-state index >= 15 is 0 Å². The molecule has 8 heteroatoms. The first-order valence-electron chi connectivity index (χ1n) is 12.6. The van der Waals surface area contributed by atoms with E-state index < -0.39 is 12.0 Å². The second-order valence-corrected chi connectivity index (χ2v) is 10.1. The van der Waals surface area contributed by atoms with Gasteiger partial charge in [-0.05, 0) is 55.7 Å². The number of likely N-dealkylation sites (tertiary alicyclic amines) is 2. The third-order valence-electron chi connectivity index (χ3n) is 7.53. The summed E-state index contributed by atoms with van der Waals surface area (Å²) in [6, 6.07) is 14.5. The van der Waals surface area contributed by atoms with E-state index in [-0.39, 0.29) is 17.5 Å². The molecule has 0 bridgehead atoms. The minimum absolute atomic E-state index is 0.00802. The molecule has 2 aliphatic rings. The quantitative estimate of drug-likeness (QED) is 0.615. The largest absolute Gasteiger partial charge is 0.467 e. The van der Waals surface area contributed by atoms with Gasteiger partial charge in [0, 0.05) is 38.3 Å². The number of piperidine rings is 1. The average molecular weight is 493 g/mol. The number of aryl methyl sites for hydroxylation is 2. The molecule has 36 heavy (non-hydrogen) atoms. The van der Waals surface area contributed by atoms with E-state index in [0.717, 1.165) is 36.1 Å². The van der Waals surface area contributed by atoms with E-state index in [9.17, 15) is 14.4 Å². The number of methoxy groups -OCH3 is 1. The molecule has 0 unspecified atom stereocenters. The Morgan fingerprint density at radius 3 is 2.25 bits per heavy atom. The van der Waals surface area contributed by atoms with Crippen LogP contribution in [0.5, 0.6) is 0 Å². The predicted octanol–water partition coefficient (Wildman–Crippen LogP) is 4.12. The number of carbonyl (C=O) groups is 3. The van der Waals surface area contributed by atoms with E-state index in [1.54, 1.807) is 4.90 Å². The average Bonchev–Trinajstić information content (AvgIpc) is 3.29. The lowest BCUT2D eigenvalue weighted by atomic mass is 9.78. The zero-order valence-corrected chi connectivity index (χ0v) is 21.4. The topological polar surface area (TPSA) is 91.0 Å². The SMILES string of the molecule is COC(=O)[C@H](Cc1ccccc1)NC(=O)N1CCC2(CCN(C(=O)Nc3ccc(C)cc3C)CC2)C1. The highest BCUT2D eigenvalue weighted by atomic mass is 16.5. The number of ether oxygens (including phenoxy) is 1. The zero-order chi connectivity index (χ0) is 25.7. The van der Waals surface area contributed by atoms with Gasteiger partial charge in [-0.25, -0.2) is 14.4 Å². The van der Waals surface area contributed by atoms with Crippen LogP contribution in [0.15, 0.2) is 48.5 Å². The van der Waals surface area contributed by atoms with Crippen molar-refractivity contribution in [1.82, 2.24) is 15.1 Å². The first-order valence-corrected chi connectivity index (χ1v) is 12.6. The van der Waals surface area contributed by atoms with Crippen molar-refractivity contribution < 1.29 is 19.1 Å². The van der Waals surface area contributed by atoms with Crippen molar-refractivity contribution >= 4 is 23.7 Å². The van der Waals surface area contributed by atoms with Gasteiger partial charge in [0.15, 0.2) is 0 Å². The second-order valence-electron chi connectivity index (χ2n) is 10.1. The van der Waals surface area contributed by atoms with Gasteiger partial charge in [0.2, 0.25) is 0 Å². The molecule has 2 heterocycles. The zero-order valence-electron chi connectivity index (χ0n) is 21.4. The highest BCUT2D eigenvalue weighted by molar-refractivity contribution is 5.90. The maximum atomic E-state index is 13.1. The van der Waals surface area contributed by atoms with Crippen LogP contribution < -0.4 is 10.6 Å². The first kappa shape index (κ1) is 25.5. The molecule has 1 atom stereocenters. The van der Waals surface area contributed by atoms with Crippen molar-refractivity contribution in [3.05, 3.63) is 65.2 Å². The molecule has 1 spiro atoms. The van der Waals surface area contributed by atoms with Crippen molar-refractivity contribution in [2.45, 2.75) is 45.6 Å². The molecule has 2 fully saturated rings. The molecule has 4 rings (SSSR count). The summed E-state index contributed by atoms with van der Waals surface area (Å²) < 4.78 is 4.93. The summed E-state index contributed by atoms with van der Waals surface area (Å²) in [7, 11) is 1.33. The summed E-state index contributed by atoms with van der Waals surface area (Å²) in [4.78, 5) is 41.9. The van der Waals surface area contributed by atoms with Gasteiger partial charge in [-0.2, -0.15) is 0 Å². The number of carbonyl (C=O) groups excluding carboxylic acids is 3. The highest BCUT2D eigenvalue weighted by Crippen LogP contribution is 2.40. The third kappa shape index (κ3) is 5.98. The third-order valence-corrected chi connectivity index (χ3v) is 7.53. The van der Waals surface area contributed by atoms with Gasteiger partial charge in [-0.3, -0.25) is 0 Å². The fraction of sp³-hybridized carbons (Fsp3) is 0.464. The van der Waals surface area contributed by atoms with Crippen LogP contribution in [-0.2, 0) is 16.0 Å². The molecule has 0 saturated carbocycles. The van der Waals surface area contributed by atoms with Gasteiger partial charge in [-0.1, -0.05) is 48.0 Å². The Morgan fingerprint density at radius 2 is 1.61 bits per heavy atom. The molecule has 4 amide bonds. The molecule has 192 valence electrons. The summed E-state index contributed by atoms with van der Waals surface area (Å²) in [5.41, 5.74) is 4.02. The van der Waals surface area contributed by atoms with Crippen LogP contribution in [0.1, 0.15) is 36.0 Å². The Bertz CT molecular complexity index is 1100. The van der Waals surface area contributed by atoms with Crippen LogP contribution >= 0.6 is 0 Å². The number of urea groups is 2. The van der Waals surface area contributed by atoms with Gasteiger partial charge in [0.1, 0.15) is 6.04 Å². The number of rotatable bonds is 5. The van der Waals surface area contributed by atoms with E-state index in [4.69, 9.17) is 4.74 Å². The van der Waals surface area contributed by atoms with Crippen LogP contribution in [0.4, 0.5) is 15.3 Å². The van der Waals surface area contributed by atoms with Crippen LogP contribution in [0.2, 0.25) is 0 Å². The summed E-state index contributed by atoms with van der Waals surface area (Å²) in [5, 5.41) is 5.92. The normalized spacial score (nSPS) is 17.5. The molecule has 0 radical (unpaired) electrons. The first-order chi connectivity index (χ1) is 17.3. The van der Waals surface area contributed by atoms with Crippen molar-refractivity contribution in [3.8, 4) is 0 Å². The molecule has 0 aromatic heterocycles. The molecule has 2 N–H and O–H groups in total.